The van der Waals surface area contributed by atoms with Crippen LogP contribution in [0.2, 0.25) is 0 Å². The molecular weight excluding hydrogens is 1000 g/mol. The van der Waals surface area contributed by atoms with Crippen LogP contribution < -0.4 is 0 Å². The van der Waals surface area contributed by atoms with Crippen LogP contribution in [0.4, 0.5) is 0 Å². The monoisotopic (exact) mass is 1060 g/mol. The molecule has 10 aromatic rings. The Bertz CT molecular complexity index is 3960. The summed E-state index contributed by atoms with van der Waals surface area (Å²) < 4.78 is 36.0. The fourth-order valence-electron chi connectivity index (χ4n) is 12.4. The largest absolute Gasteiger partial charge is 0.477 e. The number of carbonyl (C=O) groups is 4. The quantitative estimate of drug-likeness (QED) is 0.0705. The number of benzene rings is 6. The highest BCUT2D eigenvalue weighted by atomic mass is 31.2. The molecule has 2 saturated heterocycles. The number of fused-ring (bicyclic) bond motifs is 2. The van der Waals surface area contributed by atoms with Crippen molar-refractivity contribution in [1.82, 2.24) is 28.9 Å². The number of nitrogens with one attached hydrogen (secondary N) is 2. The molecule has 4 aromatic heterocycles. The molecule has 16 heteroatoms. The van der Waals surface area contributed by atoms with Gasteiger partial charge in [-0.05, 0) is 82.3 Å². The van der Waals surface area contributed by atoms with Crippen molar-refractivity contribution in [2.24, 2.45) is 0 Å². The molecular formula is C62H55N6O9P. The SMILES string of the molecule is O=C1C(c2c[nH]c3ccccc23)C(c2cn3c4c(cccc24)CCC3)C(=O)N1CO.O=C1C(c2c[nH]c3ccccc23)C(c2cn3c4c(cccc24)CCC3)C(=O)N1COP(=O)(OCc1ccccc1)OCc1ccccc1. The van der Waals surface area contributed by atoms with Crippen LogP contribution in [0.5, 0.6) is 0 Å². The van der Waals surface area contributed by atoms with Gasteiger partial charge in [0.05, 0.1) is 47.9 Å². The lowest BCUT2D eigenvalue weighted by molar-refractivity contribution is -0.144. The van der Waals surface area contributed by atoms with Crippen LogP contribution in [0.15, 0.2) is 170 Å². The van der Waals surface area contributed by atoms with Crippen LogP contribution >= 0.6 is 7.82 Å². The summed E-state index contributed by atoms with van der Waals surface area (Å²) in [7, 11) is -4.26. The van der Waals surface area contributed by atoms with Gasteiger partial charge in [0, 0.05) is 70.5 Å². The maximum atomic E-state index is 14.5. The Morgan fingerprint density at radius 3 is 1.35 bits per heavy atom. The number of imide groups is 2. The van der Waals surface area contributed by atoms with E-state index in [0.29, 0.717) is 0 Å². The molecule has 78 heavy (non-hydrogen) atoms. The standard InChI is InChI=1S/C38H34N3O6P.C24H21N3O3/c42-37-34(31-21-39-33-19-8-7-17-29(31)33)35(32-22-40-20-10-16-28-15-9-18-30(32)36(28)40)38(43)41(37)25-47-48(44,45-23-26-11-3-1-4-12-26)46-24-27-13-5-2-6-14-27;28-13-27-23(29)20(17-11-25-19-9-2-1-7-15(17)19)21(24(27)30)18-12-26-10-4-6-14-5-3-8-16(18)22(14)26/h1-9,11-15,17-19,21-22,34-35,39H,10,16,20,23-25H2;1-3,5,7-9,11-12,20-21,25,28H,4,6,10,13H2. The van der Waals surface area contributed by atoms with Crippen molar-refractivity contribution in [1.29, 1.82) is 0 Å². The van der Waals surface area contributed by atoms with Gasteiger partial charge in [0.15, 0.2) is 0 Å². The van der Waals surface area contributed by atoms with E-state index in [2.05, 4.69) is 31.2 Å². The number of aromatic amines is 2. The number of phosphoric ester groups is 1. The molecule has 0 radical (unpaired) electrons. The van der Waals surface area contributed by atoms with Gasteiger partial charge in [-0.3, -0.25) is 42.5 Å². The predicted molar refractivity (Wildman–Crippen MR) is 295 cm³/mol. The van der Waals surface area contributed by atoms with Gasteiger partial charge in [0.1, 0.15) is 13.5 Å². The first-order valence-electron chi connectivity index (χ1n) is 26.4. The van der Waals surface area contributed by atoms with Gasteiger partial charge in [-0.1, -0.05) is 133 Å². The van der Waals surface area contributed by atoms with Crippen LogP contribution in [-0.4, -0.2) is 71.1 Å². The summed E-state index contributed by atoms with van der Waals surface area (Å²) in [5, 5.41) is 13.6. The molecule has 8 heterocycles. The van der Waals surface area contributed by atoms with Crippen molar-refractivity contribution in [2.75, 3.05) is 13.5 Å². The molecule has 4 atom stereocenters. The third kappa shape index (κ3) is 8.59. The van der Waals surface area contributed by atoms with Crippen LogP contribution in [0, 0.1) is 0 Å². The van der Waals surface area contributed by atoms with Crippen LogP contribution in [0.1, 0.15) is 81.0 Å². The van der Waals surface area contributed by atoms with Crippen molar-refractivity contribution >= 4 is 75.1 Å². The minimum absolute atomic E-state index is 0.0444. The summed E-state index contributed by atoms with van der Waals surface area (Å²) in [4.78, 5) is 64.2. The lowest BCUT2D eigenvalue weighted by atomic mass is 9.83. The predicted octanol–water partition coefficient (Wildman–Crippen LogP) is 11.1. The van der Waals surface area contributed by atoms with Gasteiger partial charge in [0.25, 0.3) is 0 Å². The summed E-state index contributed by atoms with van der Waals surface area (Å²) in [6.45, 7) is 0.473. The summed E-state index contributed by atoms with van der Waals surface area (Å²) in [6, 6.07) is 46.4. The maximum absolute atomic E-state index is 14.5. The Balaban J connectivity index is 0.000000165. The average molecular weight is 1060 g/mol. The highest BCUT2D eigenvalue weighted by Crippen LogP contribution is 2.53. The Morgan fingerprint density at radius 2 is 0.885 bits per heavy atom. The summed E-state index contributed by atoms with van der Waals surface area (Å²) >= 11 is 0. The van der Waals surface area contributed by atoms with Crippen molar-refractivity contribution in [3.8, 4) is 0 Å². The van der Waals surface area contributed by atoms with E-state index in [4.69, 9.17) is 13.6 Å². The molecule has 0 saturated carbocycles. The number of para-hydroxylation sites is 4. The second kappa shape index (κ2) is 20.3. The normalized spacial score (nSPS) is 19.2. The van der Waals surface area contributed by atoms with Gasteiger partial charge < -0.3 is 24.2 Å². The molecule has 0 spiro atoms. The van der Waals surface area contributed by atoms with Crippen molar-refractivity contribution in [3.05, 3.63) is 215 Å². The first kappa shape index (κ1) is 49.4. The second-order valence-electron chi connectivity index (χ2n) is 20.5. The zero-order chi connectivity index (χ0) is 53.1. The zero-order valence-corrected chi connectivity index (χ0v) is 43.4. The van der Waals surface area contributed by atoms with Crippen molar-refractivity contribution in [2.45, 2.75) is 75.7 Å². The number of phosphoric acid groups is 1. The number of aliphatic hydroxyl groups is 1. The number of hydrogen-bond acceptors (Lipinski definition) is 9. The number of likely N-dealkylation sites (tertiary alicyclic amines) is 2. The number of aromatic nitrogens is 4. The van der Waals surface area contributed by atoms with Gasteiger partial charge in [-0.2, -0.15) is 0 Å². The number of rotatable bonds is 14. The Morgan fingerprint density at radius 1 is 0.474 bits per heavy atom. The number of aryl methyl sites for hydroxylation is 4. The number of amides is 4. The topological polar surface area (TPSA) is 181 Å². The maximum Gasteiger partial charge on any atom is 0.477 e. The van der Waals surface area contributed by atoms with E-state index < -0.39 is 56.8 Å². The average Bonchev–Trinajstić information content (AvgIpc) is 4.44. The molecule has 14 rings (SSSR count). The van der Waals surface area contributed by atoms with Gasteiger partial charge in [-0.25, -0.2) is 4.57 Å². The summed E-state index contributed by atoms with van der Waals surface area (Å²) in [5.74, 6) is -4.48. The highest BCUT2D eigenvalue weighted by Gasteiger charge is 2.53. The third-order valence-electron chi connectivity index (χ3n) is 16.0. The minimum Gasteiger partial charge on any atom is -0.376 e. The molecule has 0 aliphatic carbocycles. The lowest BCUT2D eigenvalue weighted by Gasteiger charge is -2.21. The van der Waals surface area contributed by atoms with E-state index in [-0.39, 0.29) is 25.0 Å². The molecule has 2 fully saturated rings. The zero-order valence-electron chi connectivity index (χ0n) is 42.5. The van der Waals surface area contributed by atoms with E-state index >= 15 is 0 Å². The molecule has 392 valence electrons. The van der Waals surface area contributed by atoms with Crippen molar-refractivity contribution in [3.63, 3.8) is 0 Å². The molecule has 0 bridgehead atoms. The number of nitrogens with zero attached hydrogens (tertiary/aromatic N) is 4. The molecule has 4 aliphatic heterocycles. The minimum atomic E-state index is -4.26. The third-order valence-corrected chi connectivity index (χ3v) is 17.4. The van der Waals surface area contributed by atoms with Gasteiger partial charge >= 0.3 is 7.82 Å². The first-order chi connectivity index (χ1) is 38.2. The fourth-order valence-corrected chi connectivity index (χ4v) is 13.5. The summed E-state index contributed by atoms with van der Waals surface area (Å²) in [5.41, 5.74) is 11.3. The number of aliphatic hydroxyl groups excluding tert-OH is 1. The first-order valence-corrected chi connectivity index (χ1v) is 27.9. The van der Waals surface area contributed by atoms with Crippen LogP contribution in [-0.2, 0) is 76.5 Å². The Kier molecular flexibility index (Phi) is 12.9. The second-order valence-corrected chi connectivity index (χ2v) is 22.1. The van der Waals surface area contributed by atoms with E-state index in [0.717, 1.165) is 120 Å². The van der Waals surface area contributed by atoms with Crippen molar-refractivity contribution < 1.29 is 42.4 Å². The van der Waals surface area contributed by atoms with Crippen LogP contribution in [0.25, 0.3) is 43.6 Å². The van der Waals surface area contributed by atoms with E-state index in [9.17, 15) is 28.8 Å². The highest BCUT2D eigenvalue weighted by molar-refractivity contribution is 7.48. The molecule has 4 aliphatic rings. The number of hydrogen-bond donors (Lipinski definition) is 3. The van der Waals surface area contributed by atoms with Crippen LogP contribution in [0.3, 0.4) is 0 Å². The summed E-state index contributed by atoms with van der Waals surface area (Å²) in [6.07, 6.45) is 11.8. The van der Waals surface area contributed by atoms with Gasteiger partial charge in [-0.15, -0.1) is 0 Å². The van der Waals surface area contributed by atoms with Gasteiger partial charge in [0.2, 0.25) is 23.6 Å². The molecule has 3 N–H and O–H groups in total. The van der Waals surface area contributed by atoms with E-state index in [1.807, 2.05) is 158 Å². The Labute approximate surface area is 448 Å². The molecule has 4 amide bonds. The lowest BCUT2D eigenvalue weighted by Crippen LogP contribution is -2.33. The molecule has 6 aromatic carbocycles. The molecule has 4 unspecified atom stereocenters. The van der Waals surface area contributed by atoms with E-state index in [1.54, 1.807) is 0 Å². The number of H-pyrrole nitrogens is 2. The Hall–Kier alpha value is -8.17. The fraction of sp³-hybridized carbons (Fsp3) is 0.226. The van der Waals surface area contributed by atoms with E-state index in [1.165, 1.54) is 16.6 Å². The smallest absolute Gasteiger partial charge is 0.376 e. The number of carbonyl (C=O) groups excluding carboxylic acids is 4. The molecule has 15 nitrogen and oxygen atoms in total.